The van der Waals surface area contributed by atoms with E-state index in [1.165, 1.54) is 0 Å². The lowest BCUT2D eigenvalue weighted by molar-refractivity contribution is 0.416. The van der Waals surface area contributed by atoms with Crippen LogP contribution in [0.4, 0.5) is 5.82 Å². The van der Waals surface area contributed by atoms with E-state index in [4.69, 9.17) is 10.5 Å². The second kappa shape index (κ2) is 4.83. The molecule has 0 bridgehead atoms. The van der Waals surface area contributed by atoms with Crippen molar-refractivity contribution in [1.82, 2.24) is 9.38 Å². The number of ether oxygens (including phenoxy) is 1. The highest BCUT2D eigenvalue weighted by molar-refractivity contribution is 9.10. The zero-order chi connectivity index (χ0) is 14.3. The number of nitrogens with two attached hydrogens (primary N) is 1. The van der Waals surface area contributed by atoms with Gasteiger partial charge in [0.1, 0.15) is 22.9 Å². The molecule has 0 unspecified atom stereocenters. The van der Waals surface area contributed by atoms with E-state index in [1.807, 2.05) is 47.7 Å². The summed E-state index contributed by atoms with van der Waals surface area (Å²) in [6, 6.07) is 11.7. The summed E-state index contributed by atoms with van der Waals surface area (Å²) >= 11 is 3.52. The SMILES string of the molecule is COc1ccccc1-c1nc2ccc(Br)c(C)n2c1N. The Morgan fingerprint density at radius 1 is 1.20 bits per heavy atom. The highest BCUT2D eigenvalue weighted by Gasteiger charge is 2.16. The van der Waals surface area contributed by atoms with Gasteiger partial charge in [0.25, 0.3) is 0 Å². The van der Waals surface area contributed by atoms with Crippen LogP contribution in [0.2, 0.25) is 0 Å². The Kier molecular flexibility index (Phi) is 3.14. The Morgan fingerprint density at radius 2 is 1.95 bits per heavy atom. The summed E-state index contributed by atoms with van der Waals surface area (Å²) in [4.78, 5) is 4.63. The molecule has 4 nitrogen and oxygen atoms in total. The summed E-state index contributed by atoms with van der Waals surface area (Å²) < 4.78 is 8.33. The number of rotatable bonds is 2. The van der Waals surface area contributed by atoms with Crippen LogP contribution in [-0.4, -0.2) is 16.5 Å². The van der Waals surface area contributed by atoms with Gasteiger partial charge in [-0.15, -0.1) is 0 Å². The van der Waals surface area contributed by atoms with Crippen molar-refractivity contribution in [1.29, 1.82) is 0 Å². The van der Waals surface area contributed by atoms with Gasteiger partial charge in [0.15, 0.2) is 0 Å². The topological polar surface area (TPSA) is 52.5 Å². The molecule has 3 rings (SSSR count). The lowest BCUT2D eigenvalue weighted by atomic mass is 10.1. The summed E-state index contributed by atoms with van der Waals surface area (Å²) in [7, 11) is 1.65. The molecule has 0 fully saturated rings. The molecule has 2 heterocycles. The summed E-state index contributed by atoms with van der Waals surface area (Å²) in [5.74, 6) is 1.38. The lowest BCUT2D eigenvalue weighted by Crippen LogP contribution is -1.98. The molecule has 1 aromatic carbocycles. The number of fused-ring (bicyclic) bond motifs is 1. The van der Waals surface area contributed by atoms with Crippen LogP contribution in [0.25, 0.3) is 16.9 Å². The van der Waals surface area contributed by atoms with Crippen LogP contribution in [0.1, 0.15) is 5.69 Å². The Labute approximate surface area is 125 Å². The van der Waals surface area contributed by atoms with Gasteiger partial charge in [-0.2, -0.15) is 0 Å². The predicted octanol–water partition coefficient (Wildman–Crippen LogP) is 3.66. The Hall–Kier alpha value is -2.01. The van der Waals surface area contributed by atoms with Crippen molar-refractivity contribution < 1.29 is 4.74 Å². The fourth-order valence-electron chi connectivity index (χ4n) is 2.33. The van der Waals surface area contributed by atoms with Crippen molar-refractivity contribution in [2.45, 2.75) is 6.92 Å². The number of methoxy groups -OCH3 is 1. The third kappa shape index (κ3) is 1.86. The molecule has 5 heteroatoms. The van der Waals surface area contributed by atoms with Crippen molar-refractivity contribution in [3.63, 3.8) is 0 Å². The molecule has 0 saturated carbocycles. The molecule has 0 aliphatic carbocycles. The number of nitrogens with zero attached hydrogens (tertiary/aromatic N) is 2. The molecule has 2 N–H and O–H groups in total. The standard InChI is InChI=1S/C15H14BrN3O/c1-9-11(16)7-8-13-18-14(15(17)19(9)13)10-5-3-4-6-12(10)20-2/h3-8H,17H2,1-2H3. The average molecular weight is 332 g/mol. The number of benzene rings is 1. The number of nitrogen functional groups attached to an aromatic ring is 1. The summed E-state index contributed by atoms with van der Waals surface area (Å²) in [5.41, 5.74) is 9.77. The first-order valence-electron chi connectivity index (χ1n) is 6.20. The fraction of sp³-hybridized carbons (Fsp3) is 0.133. The van der Waals surface area contributed by atoms with Crippen LogP contribution in [0.15, 0.2) is 40.9 Å². The van der Waals surface area contributed by atoms with Crippen LogP contribution in [-0.2, 0) is 0 Å². The average Bonchev–Trinajstić information content (AvgIpc) is 2.80. The van der Waals surface area contributed by atoms with Crippen LogP contribution in [0.3, 0.4) is 0 Å². The van der Waals surface area contributed by atoms with Crippen molar-refractivity contribution in [2.24, 2.45) is 0 Å². The van der Waals surface area contributed by atoms with E-state index >= 15 is 0 Å². The lowest BCUT2D eigenvalue weighted by Gasteiger charge is -2.07. The van der Waals surface area contributed by atoms with Gasteiger partial charge in [-0.3, -0.25) is 4.40 Å². The first kappa shape index (κ1) is 13.0. The number of pyridine rings is 1. The van der Waals surface area contributed by atoms with Gasteiger partial charge in [0.05, 0.1) is 7.11 Å². The van der Waals surface area contributed by atoms with Gasteiger partial charge in [-0.25, -0.2) is 4.98 Å². The van der Waals surface area contributed by atoms with Gasteiger partial charge in [0.2, 0.25) is 0 Å². The molecule has 0 aliphatic rings. The molecule has 3 aromatic rings. The largest absolute Gasteiger partial charge is 0.496 e. The molecule has 0 amide bonds. The maximum Gasteiger partial charge on any atom is 0.139 e. The number of hydrogen-bond donors (Lipinski definition) is 1. The second-order valence-corrected chi connectivity index (χ2v) is 5.36. The van der Waals surface area contributed by atoms with Crippen molar-refractivity contribution in [2.75, 3.05) is 12.8 Å². The van der Waals surface area contributed by atoms with E-state index in [2.05, 4.69) is 20.9 Å². The minimum atomic E-state index is 0.614. The number of imidazole rings is 1. The van der Waals surface area contributed by atoms with Crippen LogP contribution >= 0.6 is 15.9 Å². The monoisotopic (exact) mass is 331 g/mol. The summed E-state index contributed by atoms with van der Waals surface area (Å²) in [6.07, 6.45) is 0. The fourth-order valence-corrected chi connectivity index (χ4v) is 2.64. The van der Waals surface area contributed by atoms with E-state index in [9.17, 15) is 0 Å². The highest BCUT2D eigenvalue weighted by atomic mass is 79.9. The number of aryl methyl sites for hydroxylation is 1. The van der Waals surface area contributed by atoms with Gasteiger partial charge in [0, 0.05) is 15.7 Å². The first-order valence-corrected chi connectivity index (χ1v) is 6.99. The third-order valence-corrected chi connectivity index (χ3v) is 4.20. The molecule has 102 valence electrons. The third-order valence-electron chi connectivity index (χ3n) is 3.36. The molecule has 0 spiro atoms. The van der Waals surface area contributed by atoms with Gasteiger partial charge >= 0.3 is 0 Å². The maximum atomic E-state index is 6.29. The molecular formula is C15H14BrN3O. The van der Waals surface area contributed by atoms with E-state index in [0.717, 1.165) is 32.8 Å². The minimum Gasteiger partial charge on any atom is -0.496 e. The molecule has 2 aromatic heterocycles. The maximum absolute atomic E-state index is 6.29. The van der Waals surface area contributed by atoms with Crippen molar-refractivity contribution >= 4 is 27.4 Å². The Bertz CT molecular complexity index is 795. The number of anilines is 1. The van der Waals surface area contributed by atoms with Crippen molar-refractivity contribution in [3.8, 4) is 17.0 Å². The van der Waals surface area contributed by atoms with E-state index in [-0.39, 0.29) is 0 Å². The zero-order valence-electron chi connectivity index (χ0n) is 11.2. The van der Waals surface area contributed by atoms with Crippen LogP contribution < -0.4 is 10.5 Å². The quantitative estimate of drug-likeness (QED) is 0.779. The molecule has 20 heavy (non-hydrogen) atoms. The second-order valence-electron chi connectivity index (χ2n) is 4.51. The zero-order valence-corrected chi connectivity index (χ0v) is 12.8. The normalized spacial score (nSPS) is 10.9. The molecule has 0 radical (unpaired) electrons. The number of aromatic nitrogens is 2. The Balaban J connectivity index is 2.33. The number of para-hydroxylation sites is 1. The molecule has 0 atom stereocenters. The number of halogens is 1. The first-order chi connectivity index (χ1) is 9.63. The van der Waals surface area contributed by atoms with E-state index in [0.29, 0.717) is 5.82 Å². The van der Waals surface area contributed by atoms with E-state index < -0.39 is 0 Å². The number of hydrogen-bond acceptors (Lipinski definition) is 3. The summed E-state index contributed by atoms with van der Waals surface area (Å²) in [5, 5.41) is 0. The van der Waals surface area contributed by atoms with Crippen LogP contribution in [0.5, 0.6) is 5.75 Å². The van der Waals surface area contributed by atoms with Crippen LogP contribution in [0, 0.1) is 6.92 Å². The molecule has 0 aliphatic heterocycles. The van der Waals surface area contributed by atoms with E-state index in [1.54, 1.807) is 7.11 Å². The smallest absolute Gasteiger partial charge is 0.139 e. The van der Waals surface area contributed by atoms with Crippen molar-refractivity contribution in [3.05, 3.63) is 46.6 Å². The molecule has 0 saturated heterocycles. The predicted molar refractivity (Wildman–Crippen MR) is 84.0 cm³/mol. The molecular weight excluding hydrogens is 318 g/mol. The minimum absolute atomic E-state index is 0.614. The van der Waals surface area contributed by atoms with Gasteiger partial charge in [-0.1, -0.05) is 12.1 Å². The Morgan fingerprint density at radius 3 is 2.70 bits per heavy atom. The van der Waals surface area contributed by atoms with Gasteiger partial charge < -0.3 is 10.5 Å². The van der Waals surface area contributed by atoms with Gasteiger partial charge in [-0.05, 0) is 47.1 Å². The highest BCUT2D eigenvalue weighted by Crippen LogP contribution is 2.34. The summed E-state index contributed by atoms with van der Waals surface area (Å²) in [6.45, 7) is 2.00.